The normalized spacial score (nSPS) is 13.7. The smallest absolute Gasteiger partial charge is 0.282 e. The van der Waals surface area contributed by atoms with E-state index in [0.717, 1.165) is 16.5 Å². The molecule has 0 bridgehead atoms. The highest BCUT2D eigenvalue weighted by Gasteiger charge is 2.38. The van der Waals surface area contributed by atoms with Gasteiger partial charge in [0.2, 0.25) is 10.0 Å². The summed E-state index contributed by atoms with van der Waals surface area (Å²) in [5, 5.41) is 1.32. The number of pyridine rings is 2. The second-order valence-corrected chi connectivity index (χ2v) is 11.9. The van der Waals surface area contributed by atoms with Crippen LogP contribution in [0.3, 0.4) is 0 Å². The number of carbonyl (C=O) groups excluding carboxylic acids is 1. The minimum atomic E-state index is -3.85. The Labute approximate surface area is 223 Å². The highest BCUT2D eigenvalue weighted by molar-refractivity contribution is 7.91. The molecule has 1 amide bonds. The van der Waals surface area contributed by atoms with Crippen molar-refractivity contribution in [3.05, 3.63) is 99.2 Å². The van der Waals surface area contributed by atoms with Crippen LogP contribution in [-0.4, -0.2) is 34.1 Å². The van der Waals surface area contributed by atoms with Gasteiger partial charge in [-0.15, -0.1) is 0 Å². The number of para-hydroxylation sites is 1. The number of halogens is 1. The first-order valence-corrected chi connectivity index (χ1v) is 14.1. The van der Waals surface area contributed by atoms with Gasteiger partial charge in [-0.1, -0.05) is 41.4 Å². The van der Waals surface area contributed by atoms with Crippen molar-refractivity contribution >= 4 is 49.3 Å². The van der Waals surface area contributed by atoms with E-state index in [-0.39, 0.29) is 17.8 Å². The lowest BCUT2D eigenvalue weighted by Crippen LogP contribution is -2.35. The van der Waals surface area contributed by atoms with Gasteiger partial charge in [0, 0.05) is 45.4 Å². The predicted molar refractivity (Wildman–Crippen MR) is 148 cm³/mol. The molecule has 6 rings (SSSR count). The first-order valence-electron chi connectivity index (χ1n) is 12.1. The molecule has 38 heavy (non-hydrogen) atoms. The maximum atomic E-state index is 13.8. The highest BCUT2D eigenvalue weighted by atomic mass is 35.5. The summed E-state index contributed by atoms with van der Waals surface area (Å²) in [7, 11) is -3.85. The zero-order chi connectivity index (χ0) is 26.6. The quantitative estimate of drug-likeness (QED) is 0.318. The van der Waals surface area contributed by atoms with Gasteiger partial charge in [-0.05, 0) is 50.1 Å². The third kappa shape index (κ3) is 4.17. The number of H-pyrrole nitrogens is 1. The summed E-state index contributed by atoms with van der Waals surface area (Å²) in [6.07, 6.45) is 4.18. The molecule has 3 heterocycles. The maximum Gasteiger partial charge on any atom is 0.282 e. The van der Waals surface area contributed by atoms with Crippen molar-refractivity contribution in [1.29, 1.82) is 0 Å². The third-order valence-electron chi connectivity index (χ3n) is 6.83. The van der Waals surface area contributed by atoms with E-state index in [1.165, 1.54) is 6.20 Å². The summed E-state index contributed by atoms with van der Waals surface area (Å²) in [6, 6.07) is 16.4. The van der Waals surface area contributed by atoms with Crippen LogP contribution in [0, 0.1) is 6.92 Å². The van der Waals surface area contributed by atoms with Gasteiger partial charge in [-0.2, -0.15) is 0 Å². The van der Waals surface area contributed by atoms with E-state index >= 15 is 0 Å². The Bertz CT molecular complexity index is 1920. The number of amides is 1. The Balaban J connectivity index is 1.63. The average Bonchev–Trinajstić information content (AvgIpc) is 3.71. The van der Waals surface area contributed by atoms with Crippen molar-refractivity contribution in [2.45, 2.75) is 31.6 Å². The molecule has 1 fully saturated rings. The van der Waals surface area contributed by atoms with E-state index in [1.807, 2.05) is 49.4 Å². The summed E-state index contributed by atoms with van der Waals surface area (Å²) in [5.41, 5.74) is 3.26. The molecule has 0 aliphatic heterocycles. The van der Waals surface area contributed by atoms with Crippen LogP contribution in [0.5, 0.6) is 0 Å². The fraction of sp³-hybridized carbons (Fsp3) is 0.179. The van der Waals surface area contributed by atoms with Crippen LogP contribution in [0.25, 0.3) is 32.9 Å². The van der Waals surface area contributed by atoms with Gasteiger partial charge >= 0.3 is 0 Å². The monoisotopic (exact) mass is 546 g/mol. The fourth-order valence-corrected chi connectivity index (χ4v) is 6.38. The van der Waals surface area contributed by atoms with Gasteiger partial charge in [0.25, 0.3) is 11.5 Å². The zero-order valence-electron chi connectivity index (χ0n) is 20.4. The van der Waals surface area contributed by atoms with Crippen LogP contribution in [0.4, 0.5) is 0 Å². The van der Waals surface area contributed by atoms with Crippen molar-refractivity contribution < 1.29 is 13.2 Å². The van der Waals surface area contributed by atoms with Gasteiger partial charge in [0.1, 0.15) is 5.69 Å². The van der Waals surface area contributed by atoms with E-state index in [9.17, 15) is 18.0 Å². The summed E-state index contributed by atoms with van der Waals surface area (Å²) in [5.74, 6) is -0.797. The van der Waals surface area contributed by atoms with Gasteiger partial charge < -0.3 is 9.55 Å². The van der Waals surface area contributed by atoms with Crippen LogP contribution in [0.2, 0.25) is 5.02 Å². The first-order chi connectivity index (χ1) is 18.2. The SMILES string of the molecule is Cc1ccc2c(c1)c(-c1ccc[nH]c1=O)c(C(=O)NS(=O)(=O)C1CC1)n2Cc1cnc2ccccc2c1Cl. The first kappa shape index (κ1) is 24.4. The number of sulfonamides is 1. The molecule has 1 aliphatic rings. The molecule has 0 saturated heterocycles. The average molecular weight is 547 g/mol. The van der Waals surface area contributed by atoms with E-state index < -0.39 is 26.7 Å². The zero-order valence-corrected chi connectivity index (χ0v) is 21.9. The number of rotatable bonds is 6. The number of aryl methyl sites for hydroxylation is 1. The Kier molecular flexibility index (Phi) is 5.85. The van der Waals surface area contributed by atoms with Crippen LogP contribution in [-0.2, 0) is 16.6 Å². The molecule has 8 nitrogen and oxygen atoms in total. The lowest BCUT2D eigenvalue weighted by Gasteiger charge is -2.14. The number of hydrogen-bond donors (Lipinski definition) is 2. The summed E-state index contributed by atoms with van der Waals surface area (Å²) in [4.78, 5) is 33.9. The molecular formula is C28H23ClN4O4S. The van der Waals surface area contributed by atoms with Gasteiger partial charge in [0.05, 0.1) is 22.3 Å². The molecule has 5 aromatic rings. The van der Waals surface area contributed by atoms with E-state index in [2.05, 4.69) is 14.7 Å². The molecule has 0 unspecified atom stereocenters. The number of hydrogen-bond acceptors (Lipinski definition) is 5. The number of fused-ring (bicyclic) bond motifs is 2. The molecule has 0 spiro atoms. The molecular weight excluding hydrogens is 524 g/mol. The third-order valence-corrected chi connectivity index (χ3v) is 9.10. The predicted octanol–water partition coefficient (Wildman–Crippen LogP) is 4.78. The summed E-state index contributed by atoms with van der Waals surface area (Å²) in [6.45, 7) is 2.05. The number of benzene rings is 2. The topological polar surface area (TPSA) is 114 Å². The molecule has 192 valence electrons. The number of nitrogens with zero attached hydrogens (tertiary/aromatic N) is 2. The Morgan fingerprint density at radius 1 is 1.13 bits per heavy atom. The van der Waals surface area contributed by atoms with E-state index in [4.69, 9.17) is 11.6 Å². The maximum absolute atomic E-state index is 13.8. The summed E-state index contributed by atoms with van der Waals surface area (Å²) >= 11 is 6.80. The van der Waals surface area contributed by atoms with Crippen molar-refractivity contribution in [2.24, 2.45) is 0 Å². The molecule has 1 saturated carbocycles. The molecule has 2 N–H and O–H groups in total. The largest absolute Gasteiger partial charge is 0.331 e. The number of nitrogens with one attached hydrogen (secondary N) is 2. The van der Waals surface area contributed by atoms with Crippen molar-refractivity contribution in [3.8, 4) is 11.1 Å². The molecule has 0 radical (unpaired) electrons. The second-order valence-electron chi connectivity index (χ2n) is 9.53. The van der Waals surface area contributed by atoms with Crippen LogP contribution in [0.1, 0.15) is 34.5 Å². The number of aromatic nitrogens is 3. The van der Waals surface area contributed by atoms with Gasteiger partial charge in [0.15, 0.2) is 0 Å². The lowest BCUT2D eigenvalue weighted by atomic mass is 10.0. The Morgan fingerprint density at radius 3 is 2.68 bits per heavy atom. The number of carbonyl (C=O) groups is 1. The molecule has 0 atom stereocenters. The summed E-state index contributed by atoms with van der Waals surface area (Å²) < 4.78 is 29.6. The van der Waals surface area contributed by atoms with Crippen LogP contribution >= 0.6 is 11.6 Å². The second kappa shape index (κ2) is 9.11. The van der Waals surface area contributed by atoms with Crippen LogP contribution < -0.4 is 10.3 Å². The minimum Gasteiger partial charge on any atom is -0.331 e. The van der Waals surface area contributed by atoms with Crippen molar-refractivity contribution in [2.75, 3.05) is 0 Å². The minimum absolute atomic E-state index is 0.0655. The van der Waals surface area contributed by atoms with Crippen LogP contribution in [0.15, 0.2) is 71.8 Å². The van der Waals surface area contributed by atoms with Crippen molar-refractivity contribution in [3.63, 3.8) is 0 Å². The molecule has 10 heteroatoms. The van der Waals surface area contributed by atoms with Gasteiger partial charge in [-0.3, -0.25) is 14.6 Å². The number of aromatic amines is 1. The Morgan fingerprint density at radius 2 is 1.92 bits per heavy atom. The van der Waals surface area contributed by atoms with E-state index in [1.54, 1.807) is 22.9 Å². The lowest BCUT2D eigenvalue weighted by molar-refractivity contribution is 0.0974. The molecule has 3 aromatic heterocycles. The molecule has 2 aromatic carbocycles. The van der Waals surface area contributed by atoms with E-state index in [0.29, 0.717) is 39.9 Å². The highest BCUT2D eigenvalue weighted by Crippen LogP contribution is 2.37. The fourth-order valence-electron chi connectivity index (χ4n) is 4.83. The standard InChI is InChI=1S/C28H23ClN4O4S/c1-16-8-11-23-21(13-16)24(20-6-4-12-30-27(20)34)26(28(35)32-38(36,37)18-9-10-18)33(23)15-17-14-31-22-7-3-2-5-19(22)25(17)29/h2-8,11-14,18H,9-10,15H2,1H3,(H,30,34)(H,32,35). The van der Waals surface area contributed by atoms with Crippen molar-refractivity contribution in [1.82, 2.24) is 19.3 Å². The van der Waals surface area contributed by atoms with Gasteiger partial charge in [-0.25, -0.2) is 13.1 Å². The Hall–Kier alpha value is -3.95. The molecule has 1 aliphatic carbocycles.